The molecule has 1 aromatic carbocycles. The third-order valence-electron chi connectivity index (χ3n) is 5.31. The average molecular weight is 378 g/mol. The number of amides is 1. The zero-order chi connectivity index (χ0) is 19.3. The van der Waals surface area contributed by atoms with Gasteiger partial charge in [0.05, 0.1) is 5.69 Å². The van der Waals surface area contributed by atoms with Crippen LogP contribution in [0.1, 0.15) is 35.8 Å². The van der Waals surface area contributed by atoms with Crippen LogP contribution in [0.3, 0.4) is 0 Å². The Bertz CT molecular complexity index is 938. The Morgan fingerprint density at radius 3 is 2.96 bits per heavy atom. The van der Waals surface area contributed by atoms with Gasteiger partial charge in [0.2, 0.25) is 5.91 Å². The number of hydrogen-bond acceptors (Lipinski definition) is 4. The number of para-hydroxylation sites is 1. The minimum atomic E-state index is -0.0362. The predicted octanol–water partition coefficient (Wildman–Crippen LogP) is 2.16. The van der Waals surface area contributed by atoms with E-state index in [9.17, 15) is 4.79 Å². The van der Waals surface area contributed by atoms with Gasteiger partial charge in [-0.2, -0.15) is 5.10 Å². The lowest BCUT2D eigenvalue weighted by molar-refractivity contribution is -0.122. The highest BCUT2D eigenvalue weighted by atomic mass is 16.2. The van der Waals surface area contributed by atoms with Gasteiger partial charge in [-0.3, -0.25) is 9.48 Å². The Morgan fingerprint density at radius 1 is 1.29 bits per heavy atom. The maximum absolute atomic E-state index is 12.6. The van der Waals surface area contributed by atoms with Crippen LogP contribution in [0, 0.1) is 6.92 Å². The van der Waals surface area contributed by atoms with Gasteiger partial charge in [-0.25, -0.2) is 4.98 Å². The Labute approximate surface area is 164 Å². The fraction of sp³-hybridized carbons (Fsp3) is 0.381. The number of nitrogens with one attached hydrogen (secondary N) is 2. The van der Waals surface area contributed by atoms with E-state index in [0.717, 1.165) is 48.7 Å². The number of carbonyl (C=O) groups is 1. The zero-order valence-corrected chi connectivity index (χ0v) is 16.1. The molecule has 0 spiro atoms. The topological polar surface area (TPSA) is 76.8 Å². The molecule has 28 heavy (non-hydrogen) atoms. The summed E-state index contributed by atoms with van der Waals surface area (Å²) >= 11 is 0. The standard InChI is InChI=1S/C21H26N6O/c1-16-23-11-12-26(16)19-7-3-2-5-18(19)14-24-21(28)15-27-20(8-10-25-27)17-6-4-9-22-13-17/h2-3,5,7-8,10-12,17,22H,4,6,9,13-15H2,1H3,(H,24,28)/t17-/m1/s1. The summed E-state index contributed by atoms with van der Waals surface area (Å²) in [5.74, 6) is 1.31. The van der Waals surface area contributed by atoms with Crippen molar-refractivity contribution < 1.29 is 4.79 Å². The van der Waals surface area contributed by atoms with Crippen LogP contribution in [0.25, 0.3) is 5.69 Å². The second-order valence-corrected chi connectivity index (χ2v) is 7.21. The summed E-state index contributed by atoms with van der Waals surface area (Å²) in [6, 6.07) is 10.1. The fourth-order valence-electron chi connectivity index (χ4n) is 3.84. The Hall–Kier alpha value is -2.93. The zero-order valence-electron chi connectivity index (χ0n) is 16.1. The van der Waals surface area contributed by atoms with Crippen LogP contribution in [-0.4, -0.2) is 38.3 Å². The average Bonchev–Trinajstić information content (AvgIpc) is 3.36. The number of carbonyl (C=O) groups excluding carboxylic acids is 1. The van der Waals surface area contributed by atoms with E-state index in [-0.39, 0.29) is 12.5 Å². The quantitative estimate of drug-likeness (QED) is 0.689. The van der Waals surface area contributed by atoms with Crippen LogP contribution in [0.5, 0.6) is 0 Å². The number of piperidine rings is 1. The van der Waals surface area contributed by atoms with Gasteiger partial charge < -0.3 is 15.2 Å². The summed E-state index contributed by atoms with van der Waals surface area (Å²) in [5.41, 5.74) is 3.22. The molecule has 0 bridgehead atoms. The first kappa shape index (κ1) is 18.4. The normalized spacial score (nSPS) is 16.8. The summed E-state index contributed by atoms with van der Waals surface area (Å²) in [6.45, 7) is 4.69. The maximum atomic E-state index is 12.6. The Kier molecular flexibility index (Phi) is 5.53. The van der Waals surface area contributed by atoms with E-state index in [1.807, 2.05) is 52.7 Å². The number of imidazole rings is 1. The van der Waals surface area contributed by atoms with Crippen LogP contribution in [0.4, 0.5) is 0 Å². The van der Waals surface area contributed by atoms with Crippen molar-refractivity contribution in [1.29, 1.82) is 0 Å². The fourth-order valence-corrected chi connectivity index (χ4v) is 3.84. The van der Waals surface area contributed by atoms with Crippen LogP contribution in [-0.2, 0) is 17.9 Å². The summed E-state index contributed by atoms with van der Waals surface area (Å²) in [4.78, 5) is 16.9. The molecule has 0 saturated carbocycles. The third-order valence-corrected chi connectivity index (χ3v) is 5.31. The van der Waals surface area contributed by atoms with E-state index in [1.165, 1.54) is 0 Å². The number of aromatic nitrogens is 4. The van der Waals surface area contributed by atoms with Crippen molar-refractivity contribution in [2.45, 2.75) is 38.8 Å². The van der Waals surface area contributed by atoms with Crippen molar-refractivity contribution in [3.8, 4) is 5.69 Å². The predicted molar refractivity (Wildman–Crippen MR) is 107 cm³/mol. The molecule has 7 nitrogen and oxygen atoms in total. The molecule has 2 N–H and O–H groups in total. The first-order valence-corrected chi connectivity index (χ1v) is 9.80. The molecule has 1 saturated heterocycles. The highest BCUT2D eigenvalue weighted by Gasteiger charge is 2.20. The Balaban J connectivity index is 1.41. The summed E-state index contributed by atoms with van der Waals surface area (Å²) in [5, 5.41) is 10.8. The van der Waals surface area contributed by atoms with Crippen molar-refractivity contribution in [2.75, 3.05) is 13.1 Å². The van der Waals surface area contributed by atoms with Gasteiger partial charge in [0, 0.05) is 43.3 Å². The van der Waals surface area contributed by atoms with Gasteiger partial charge in [-0.15, -0.1) is 0 Å². The number of rotatable bonds is 6. The number of aryl methyl sites for hydroxylation is 1. The molecule has 1 aliphatic heterocycles. The summed E-state index contributed by atoms with van der Waals surface area (Å²) in [6.07, 6.45) is 7.80. The Morgan fingerprint density at radius 2 is 2.18 bits per heavy atom. The van der Waals surface area contributed by atoms with Crippen molar-refractivity contribution in [2.24, 2.45) is 0 Å². The van der Waals surface area contributed by atoms with Gasteiger partial charge in [-0.1, -0.05) is 18.2 Å². The van der Waals surface area contributed by atoms with E-state index in [2.05, 4.69) is 20.7 Å². The molecule has 2 aromatic heterocycles. The highest BCUT2D eigenvalue weighted by molar-refractivity contribution is 5.75. The molecule has 3 aromatic rings. The van der Waals surface area contributed by atoms with Crippen molar-refractivity contribution >= 4 is 5.91 Å². The molecule has 4 rings (SSSR count). The number of nitrogens with zero attached hydrogens (tertiary/aromatic N) is 4. The smallest absolute Gasteiger partial charge is 0.242 e. The van der Waals surface area contributed by atoms with Gasteiger partial charge in [0.25, 0.3) is 0 Å². The van der Waals surface area contributed by atoms with Gasteiger partial charge in [0.1, 0.15) is 12.4 Å². The largest absolute Gasteiger partial charge is 0.350 e. The van der Waals surface area contributed by atoms with E-state index in [1.54, 1.807) is 12.4 Å². The molecular weight excluding hydrogens is 352 g/mol. The van der Waals surface area contributed by atoms with E-state index in [0.29, 0.717) is 12.5 Å². The molecule has 1 amide bonds. The maximum Gasteiger partial charge on any atom is 0.242 e. The highest BCUT2D eigenvalue weighted by Crippen LogP contribution is 2.22. The molecule has 0 radical (unpaired) electrons. The van der Waals surface area contributed by atoms with Gasteiger partial charge in [-0.05, 0) is 44.0 Å². The molecular formula is C21H26N6O. The first-order valence-electron chi connectivity index (χ1n) is 9.80. The molecule has 0 unspecified atom stereocenters. The van der Waals surface area contributed by atoms with E-state index >= 15 is 0 Å². The minimum absolute atomic E-state index is 0.0362. The van der Waals surface area contributed by atoms with Crippen LogP contribution in [0.15, 0.2) is 48.9 Å². The lowest BCUT2D eigenvalue weighted by Gasteiger charge is -2.23. The lowest BCUT2D eigenvalue weighted by Crippen LogP contribution is -2.32. The van der Waals surface area contributed by atoms with Gasteiger partial charge >= 0.3 is 0 Å². The second kappa shape index (κ2) is 8.39. The SMILES string of the molecule is Cc1nccn1-c1ccccc1CNC(=O)Cn1nccc1[C@@H]1CCCNC1. The van der Waals surface area contributed by atoms with Crippen molar-refractivity contribution in [3.05, 3.63) is 66.0 Å². The molecule has 146 valence electrons. The first-order chi connectivity index (χ1) is 13.7. The van der Waals surface area contributed by atoms with Crippen LogP contribution >= 0.6 is 0 Å². The van der Waals surface area contributed by atoms with E-state index in [4.69, 9.17) is 0 Å². The summed E-state index contributed by atoms with van der Waals surface area (Å²) < 4.78 is 3.86. The van der Waals surface area contributed by atoms with E-state index < -0.39 is 0 Å². The third kappa shape index (κ3) is 3.99. The minimum Gasteiger partial charge on any atom is -0.350 e. The molecule has 3 heterocycles. The molecule has 7 heteroatoms. The number of benzene rings is 1. The van der Waals surface area contributed by atoms with Crippen LogP contribution < -0.4 is 10.6 Å². The number of hydrogen-bond donors (Lipinski definition) is 2. The second-order valence-electron chi connectivity index (χ2n) is 7.21. The monoisotopic (exact) mass is 378 g/mol. The molecule has 1 fully saturated rings. The molecule has 0 aliphatic carbocycles. The van der Waals surface area contributed by atoms with Crippen molar-refractivity contribution in [3.63, 3.8) is 0 Å². The van der Waals surface area contributed by atoms with Crippen molar-refractivity contribution in [1.82, 2.24) is 30.0 Å². The summed E-state index contributed by atoms with van der Waals surface area (Å²) in [7, 11) is 0. The van der Waals surface area contributed by atoms with Gasteiger partial charge in [0.15, 0.2) is 0 Å². The molecule has 1 aliphatic rings. The van der Waals surface area contributed by atoms with Crippen LogP contribution in [0.2, 0.25) is 0 Å². The lowest BCUT2D eigenvalue weighted by atomic mass is 9.96. The molecule has 1 atom stereocenters.